The largest absolute Gasteiger partial charge is 0.493 e. The number of rotatable bonds is 4. The molecule has 0 aliphatic rings. The van der Waals surface area contributed by atoms with Crippen molar-refractivity contribution < 1.29 is 14.3 Å². The van der Waals surface area contributed by atoms with Crippen LogP contribution in [0.15, 0.2) is 18.2 Å². The minimum absolute atomic E-state index is 0.153. The molecule has 0 aliphatic carbocycles. The van der Waals surface area contributed by atoms with E-state index in [-0.39, 0.29) is 6.42 Å². The SMILES string of the molecule is COc1cccc(CC(N)=O)c1OC. The zero-order chi connectivity index (χ0) is 10.6. The third kappa shape index (κ3) is 2.16. The van der Waals surface area contributed by atoms with Gasteiger partial charge in [-0.15, -0.1) is 0 Å². The monoisotopic (exact) mass is 195 g/mol. The molecule has 4 nitrogen and oxygen atoms in total. The van der Waals surface area contributed by atoms with E-state index in [0.29, 0.717) is 11.5 Å². The van der Waals surface area contributed by atoms with E-state index < -0.39 is 5.91 Å². The van der Waals surface area contributed by atoms with Crippen molar-refractivity contribution in [2.75, 3.05) is 14.2 Å². The molecule has 0 saturated heterocycles. The zero-order valence-electron chi connectivity index (χ0n) is 8.24. The van der Waals surface area contributed by atoms with Crippen LogP contribution in [-0.4, -0.2) is 20.1 Å². The molecule has 0 spiro atoms. The fraction of sp³-hybridized carbons (Fsp3) is 0.300. The maximum atomic E-state index is 10.8. The molecule has 1 aromatic carbocycles. The van der Waals surface area contributed by atoms with E-state index in [2.05, 4.69) is 0 Å². The zero-order valence-corrected chi connectivity index (χ0v) is 8.24. The van der Waals surface area contributed by atoms with E-state index in [1.807, 2.05) is 0 Å². The quantitative estimate of drug-likeness (QED) is 0.770. The van der Waals surface area contributed by atoms with Crippen molar-refractivity contribution in [1.82, 2.24) is 0 Å². The first kappa shape index (κ1) is 10.4. The number of primary amides is 1. The topological polar surface area (TPSA) is 61.5 Å². The normalized spacial score (nSPS) is 9.57. The molecular formula is C10H13NO3. The molecule has 0 radical (unpaired) electrons. The van der Waals surface area contributed by atoms with Gasteiger partial charge in [-0.25, -0.2) is 0 Å². The number of ether oxygens (including phenoxy) is 2. The Bertz CT molecular complexity index is 336. The maximum Gasteiger partial charge on any atom is 0.221 e. The molecule has 2 N–H and O–H groups in total. The van der Waals surface area contributed by atoms with Crippen molar-refractivity contribution in [3.05, 3.63) is 23.8 Å². The second-order valence-corrected chi connectivity index (χ2v) is 2.80. The molecule has 76 valence electrons. The van der Waals surface area contributed by atoms with E-state index in [1.54, 1.807) is 25.3 Å². The van der Waals surface area contributed by atoms with Crippen molar-refractivity contribution in [2.45, 2.75) is 6.42 Å². The van der Waals surface area contributed by atoms with Crippen LogP contribution in [-0.2, 0) is 11.2 Å². The lowest BCUT2D eigenvalue weighted by Crippen LogP contribution is -2.14. The van der Waals surface area contributed by atoms with E-state index in [9.17, 15) is 4.79 Å². The van der Waals surface area contributed by atoms with Gasteiger partial charge < -0.3 is 15.2 Å². The van der Waals surface area contributed by atoms with Crippen LogP contribution in [0.3, 0.4) is 0 Å². The van der Waals surface area contributed by atoms with Crippen molar-refractivity contribution in [3.63, 3.8) is 0 Å². The third-order valence-corrected chi connectivity index (χ3v) is 1.85. The molecule has 0 saturated carbocycles. The summed E-state index contributed by atoms with van der Waals surface area (Å²) in [5.41, 5.74) is 5.84. The highest BCUT2D eigenvalue weighted by atomic mass is 16.5. The molecule has 4 heteroatoms. The Labute approximate surface area is 82.6 Å². The number of hydrogen-bond acceptors (Lipinski definition) is 3. The number of methoxy groups -OCH3 is 2. The summed E-state index contributed by atoms with van der Waals surface area (Å²) < 4.78 is 10.2. The highest BCUT2D eigenvalue weighted by molar-refractivity contribution is 5.77. The van der Waals surface area contributed by atoms with E-state index in [1.165, 1.54) is 7.11 Å². The molecule has 0 heterocycles. The maximum absolute atomic E-state index is 10.8. The van der Waals surface area contributed by atoms with E-state index in [4.69, 9.17) is 15.2 Å². The van der Waals surface area contributed by atoms with E-state index in [0.717, 1.165) is 5.56 Å². The summed E-state index contributed by atoms with van der Waals surface area (Å²) in [5, 5.41) is 0. The average molecular weight is 195 g/mol. The van der Waals surface area contributed by atoms with Gasteiger partial charge in [-0.2, -0.15) is 0 Å². The van der Waals surface area contributed by atoms with Crippen molar-refractivity contribution in [2.24, 2.45) is 5.73 Å². The van der Waals surface area contributed by atoms with Gasteiger partial charge in [0.2, 0.25) is 5.91 Å². The Morgan fingerprint density at radius 2 is 2.07 bits per heavy atom. The van der Waals surface area contributed by atoms with Gasteiger partial charge in [-0.05, 0) is 6.07 Å². The fourth-order valence-corrected chi connectivity index (χ4v) is 1.28. The van der Waals surface area contributed by atoms with Gasteiger partial charge in [-0.1, -0.05) is 12.1 Å². The van der Waals surface area contributed by atoms with Crippen molar-refractivity contribution in [1.29, 1.82) is 0 Å². The Balaban J connectivity index is 3.08. The molecule has 0 atom stereocenters. The van der Waals surface area contributed by atoms with Gasteiger partial charge in [0.25, 0.3) is 0 Å². The molecule has 0 bridgehead atoms. The van der Waals surface area contributed by atoms with Gasteiger partial charge in [-0.3, -0.25) is 4.79 Å². The van der Waals surface area contributed by atoms with Crippen molar-refractivity contribution in [3.8, 4) is 11.5 Å². The van der Waals surface area contributed by atoms with Crippen LogP contribution in [0.4, 0.5) is 0 Å². The molecule has 0 fully saturated rings. The lowest BCUT2D eigenvalue weighted by atomic mass is 10.1. The van der Waals surface area contributed by atoms with Gasteiger partial charge in [0.15, 0.2) is 11.5 Å². The minimum Gasteiger partial charge on any atom is -0.493 e. The molecule has 0 unspecified atom stereocenters. The van der Waals surface area contributed by atoms with Gasteiger partial charge >= 0.3 is 0 Å². The fourth-order valence-electron chi connectivity index (χ4n) is 1.28. The van der Waals surface area contributed by atoms with Gasteiger partial charge in [0, 0.05) is 5.56 Å². The third-order valence-electron chi connectivity index (χ3n) is 1.85. The number of hydrogen-bond donors (Lipinski definition) is 1. The van der Waals surface area contributed by atoms with Crippen LogP contribution < -0.4 is 15.2 Å². The summed E-state index contributed by atoms with van der Waals surface area (Å²) in [6.45, 7) is 0. The highest BCUT2D eigenvalue weighted by Gasteiger charge is 2.10. The van der Waals surface area contributed by atoms with E-state index >= 15 is 0 Å². The molecule has 0 aliphatic heterocycles. The van der Waals surface area contributed by atoms with Gasteiger partial charge in [0.1, 0.15) is 0 Å². The van der Waals surface area contributed by atoms with Crippen molar-refractivity contribution >= 4 is 5.91 Å². The summed E-state index contributed by atoms with van der Waals surface area (Å²) >= 11 is 0. The van der Waals surface area contributed by atoms with Crippen LogP contribution in [0.2, 0.25) is 0 Å². The Morgan fingerprint density at radius 3 is 2.57 bits per heavy atom. The molecule has 1 amide bonds. The van der Waals surface area contributed by atoms with Crippen LogP contribution in [0.5, 0.6) is 11.5 Å². The molecular weight excluding hydrogens is 182 g/mol. The average Bonchev–Trinajstić information content (AvgIpc) is 2.16. The number of carbonyl (C=O) groups is 1. The molecule has 14 heavy (non-hydrogen) atoms. The molecule has 1 aromatic rings. The molecule has 0 aromatic heterocycles. The first-order valence-corrected chi connectivity index (χ1v) is 4.17. The van der Waals surface area contributed by atoms with Crippen LogP contribution in [0, 0.1) is 0 Å². The number of carbonyl (C=O) groups excluding carboxylic acids is 1. The van der Waals surface area contributed by atoms with Crippen LogP contribution >= 0.6 is 0 Å². The smallest absolute Gasteiger partial charge is 0.221 e. The highest BCUT2D eigenvalue weighted by Crippen LogP contribution is 2.30. The Hall–Kier alpha value is -1.71. The summed E-state index contributed by atoms with van der Waals surface area (Å²) in [6.07, 6.45) is 0.153. The number of nitrogens with two attached hydrogens (primary N) is 1. The number of amides is 1. The second kappa shape index (κ2) is 4.50. The predicted octanol–water partition coefficient (Wildman–Crippen LogP) is 0.732. The first-order chi connectivity index (χ1) is 6.69. The number of para-hydroxylation sites is 1. The summed E-state index contributed by atoms with van der Waals surface area (Å²) in [5.74, 6) is 0.775. The number of benzene rings is 1. The summed E-state index contributed by atoms with van der Waals surface area (Å²) in [7, 11) is 3.08. The van der Waals surface area contributed by atoms with Crippen LogP contribution in [0.25, 0.3) is 0 Å². The summed E-state index contributed by atoms with van der Waals surface area (Å²) in [4.78, 5) is 10.8. The second-order valence-electron chi connectivity index (χ2n) is 2.80. The van der Waals surface area contributed by atoms with Crippen LogP contribution in [0.1, 0.15) is 5.56 Å². The summed E-state index contributed by atoms with van der Waals surface area (Å²) in [6, 6.07) is 5.34. The Kier molecular flexibility index (Phi) is 3.34. The first-order valence-electron chi connectivity index (χ1n) is 4.17. The predicted molar refractivity (Wildman–Crippen MR) is 52.4 cm³/mol. The standard InChI is InChI=1S/C10H13NO3/c1-13-8-5-3-4-7(6-9(11)12)10(8)14-2/h3-5H,6H2,1-2H3,(H2,11,12). The Morgan fingerprint density at radius 1 is 1.36 bits per heavy atom. The minimum atomic E-state index is -0.392. The molecule has 1 rings (SSSR count). The lowest BCUT2D eigenvalue weighted by Gasteiger charge is -2.10. The van der Waals surface area contributed by atoms with Gasteiger partial charge in [0.05, 0.1) is 20.6 Å². The lowest BCUT2D eigenvalue weighted by molar-refractivity contribution is -0.117.